The van der Waals surface area contributed by atoms with Gasteiger partial charge in [0.25, 0.3) is 5.91 Å². The third-order valence-corrected chi connectivity index (χ3v) is 7.52. The fourth-order valence-corrected chi connectivity index (χ4v) is 5.75. The zero-order chi connectivity index (χ0) is 22.2. The van der Waals surface area contributed by atoms with E-state index in [0.717, 1.165) is 6.07 Å². The van der Waals surface area contributed by atoms with Gasteiger partial charge in [0.2, 0.25) is 0 Å². The number of amides is 1. The van der Waals surface area contributed by atoms with Crippen LogP contribution in [0, 0.1) is 17.6 Å². The number of hydrogen-bond donors (Lipinski definition) is 2. The average molecular weight is 511 g/mol. The van der Waals surface area contributed by atoms with Crippen LogP contribution >= 0.6 is 27.7 Å². The Hall–Kier alpha value is -1.81. The molecule has 2 aromatic carbocycles. The summed E-state index contributed by atoms with van der Waals surface area (Å²) < 4.78 is 34.9. The van der Waals surface area contributed by atoms with Gasteiger partial charge in [-0.15, -0.1) is 0 Å². The minimum atomic E-state index is -1.20. The Kier molecular flexibility index (Phi) is 6.48. The van der Waals surface area contributed by atoms with E-state index in [9.17, 15) is 14.3 Å². The van der Waals surface area contributed by atoms with Gasteiger partial charge in [0.1, 0.15) is 17.2 Å². The molecule has 0 aromatic heterocycles. The first-order valence-corrected chi connectivity index (χ1v) is 11.5. The molecular weight excluding hydrogens is 490 g/mol. The summed E-state index contributed by atoms with van der Waals surface area (Å²) in [5.74, 6) is -2.09. The highest BCUT2D eigenvalue weighted by molar-refractivity contribution is 9.10. The molecule has 2 N–H and O–H groups in total. The van der Waals surface area contributed by atoms with Crippen molar-refractivity contribution in [3.63, 3.8) is 0 Å². The number of aliphatic hydroxyl groups is 1. The van der Waals surface area contributed by atoms with Crippen molar-refractivity contribution >= 4 is 38.8 Å². The van der Waals surface area contributed by atoms with E-state index in [4.69, 9.17) is 9.73 Å². The van der Waals surface area contributed by atoms with E-state index in [-0.39, 0.29) is 51.6 Å². The molecule has 4 rings (SSSR count). The normalized spacial score (nSPS) is 27.9. The Labute approximate surface area is 191 Å². The lowest BCUT2D eigenvalue weighted by Crippen LogP contribution is -2.54. The van der Waals surface area contributed by atoms with E-state index >= 15 is 4.39 Å². The molecule has 164 valence electrons. The first-order chi connectivity index (χ1) is 14.8. The summed E-state index contributed by atoms with van der Waals surface area (Å²) in [4.78, 5) is 17.5. The van der Waals surface area contributed by atoms with Crippen molar-refractivity contribution in [1.29, 1.82) is 0 Å². The van der Waals surface area contributed by atoms with Gasteiger partial charge in [-0.05, 0) is 47.5 Å². The van der Waals surface area contributed by atoms with Gasteiger partial charge in [-0.25, -0.2) is 13.8 Å². The molecule has 2 aliphatic heterocycles. The van der Waals surface area contributed by atoms with Crippen LogP contribution in [0.2, 0.25) is 0 Å². The maximum absolute atomic E-state index is 15.0. The Morgan fingerprint density at radius 1 is 1.32 bits per heavy atom. The van der Waals surface area contributed by atoms with Crippen LogP contribution in [-0.2, 0) is 10.3 Å². The van der Waals surface area contributed by atoms with E-state index in [1.807, 2.05) is 6.92 Å². The van der Waals surface area contributed by atoms with E-state index in [1.165, 1.54) is 17.8 Å². The zero-order valence-corrected chi connectivity index (χ0v) is 19.1. The lowest BCUT2D eigenvalue weighted by atomic mass is 9.72. The molecule has 4 unspecified atom stereocenters. The maximum Gasteiger partial charge on any atom is 0.257 e. The van der Waals surface area contributed by atoms with Crippen molar-refractivity contribution in [1.82, 2.24) is 5.32 Å². The smallest absolute Gasteiger partial charge is 0.257 e. The summed E-state index contributed by atoms with van der Waals surface area (Å²) in [6.45, 7) is 1.78. The standard InChI is InChI=1S/C22H21BrF2N2O3S/c1-12-7-15-19(10-28)31-21(26-20(29)13-5-3-2-4-6-13)27-22(15,11-30-12)14-8-16(23)18(25)9-17(14)24/h2-6,8-9,12,15,19,28H,7,10-11H2,1H3,(H,26,27,29). The molecule has 9 heteroatoms. The van der Waals surface area contributed by atoms with E-state index in [0.29, 0.717) is 12.0 Å². The molecule has 2 aliphatic rings. The second-order valence-corrected chi connectivity index (χ2v) is 9.79. The second kappa shape index (κ2) is 8.97. The third kappa shape index (κ3) is 4.28. The SMILES string of the molecule is CC1CC2C(CO)SC(NC(=O)c3ccccc3)=NC2(c2cc(Br)c(F)cc2F)CO1. The second-order valence-electron chi connectivity index (χ2n) is 7.71. The number of ether oxygens (including phenoxy) is 1. The molecule has 2 aromatic rings. The van der Waals surface area contributed by atoms with Crippen LogP contribution in [-0.4, -0.2) is 40.7 Å². The first-order valence-electron chi connectivity index (χ1n) is 9.84. The molecule has 1 amide bonds. The first kappa shape index (κ1) is 22.4. The molecule has 31 heavy (non-hydrogen) atoms. The van der Waals surface area contributed by atoms with Crippen molar-refractivity contribution in [2.75, 3.05) is 13.2 Å². The van der Waals surface area contributed by atoms with Gasteiger partial charge < -0.3 is 15.2 Å². The van der Waals surface area contributed by atoms with Crippen molar-refractivity contribution in [2.45, 2.75) is 30.2 Å². The summed E-state index contributed by atoms with van der Waals surface area (Å²) in [5, 5.41) is 12.8. The number of carbonyl (C=O) groups is 1. The number of aliphatic imine (C=N–C) groups is 1. The molecule has 0 saturated carbocycles. The highest BCUT2D eigenvalue weighted by Gasteiger charge is 2.53. The maximum atomic E-state index is 15.0. The number of amidine groups is 1. The van der Waals surface area contributed by atoms with Crippen LogP contribution in [0.15, 0.2) is 51.9 Å². The molecular formula is C22H21BrF2N2O3S. The van der Waals surface area contributed by atoms with Crippen LogP contribution in [0.4, 0.5) is 8.78 Å². The Morgan fingerprint density at radius 3 is 2.77 bits per heavy atom. The predicted molar refractivity (Wildman–Crippen MR) is 119 cm³/mol. The van der Waals surface area contributed by atoms with E-state index < -0.39 is 17.2 Å². The predicted octanol–water partition coefficient (Wildman–Crippen LogP) is 4.24. The van der Waals surface area contributed by atoms with E-state index in [2.05, 4.69) is 21.2 Å². The fourth-order valence-electron chi connectivity index (χ4n) is 4.18. The quantitative estimate of drug-likeness (QED) is 0.605. The molecule has 1 fully saturated rings. The number of thioether (sulfide) groups is 1. The van der Waals surface area contributed by atoms with Crippen molar-refractivity contribution in [3.05, 3.63) is 69.7 Å². The van der Waals surface area contributed by atoms with Gasteiger partial charge in [0.15, 0.2) is 5.17 Å². The fraction of sp³-hybridized carbons (Fsp3) is 0.364. The minimum Gasteiger partial charge on any atom is -0.395 e. The summed E-state index contributed by atoms with van der Waals surface area (Å²) in [6, 6.07) is 10.8. The zero-order valence-electron chi connectivity index (χ0n) is 16.6. The number of fused-ring (bicyclic) bond motifs is 1. The number of nitrogens with zero attached hydrogens (tertiary/aromatic N) is 1. The summed E-state index contributed by atoms with van der Waals surface area (Å²) >= 11 is 4.39. The average Bonchev–Trinajstić information content (AvgIpc) is 2.76. The van der Waals surface area contributed by atoms with Crippen molar-refractivity contribution in [2.24, 2.45) is 10.9 Å². The van der Waals surface area contributed by atoms with Crippen LogP contribution in [0.5, 0.6) is 0 Å². The number of halogens is 3. The highest BCUT2D eigenvalue weighted by atomic mass is 79.9. The van der Waals surface area contributed by atoms with Crippen molar-refractivity contribution in [3.8, 4) is 0 Å². The summed E-state index contributed by atoms with van der Waals surface area (Å²) in [7, 11) is 0. The molecule has 5 nitrogen and oxygen atoms in total. The number of nitrogens with one attached hydrogen (secondary N) is 1. The van der Waals surface area contributed by atoms with Gasteiger partial charge in [0.05, 0.1) is 23.8 Å². The molecule has 4 atom stereocenters. The van der Waals surface area contributed by atoms with Gasteiger partial charge in [0, 0.05) is 28.4 Å². The van der Waals surface area contributed by atoms with Crippen LogP contribution in [0.25, 0.3) is 0 Å². The summed E-state index contributed by atoms with van der Waals surface area (Å²) in [6.07, 6.45) is 0.436. The number of rotatable bonds is 3. The number of aliphatic hydroxyl groups excluding tert-OH is 1. The molecule has 0 aliphatic carbocycles. The van der Waals surface area contributed by atoms with Gasteiger partial charge in [-0.1, -0.05) is 30.0 Å². The summed E-state index contributed by atoms with van der Waals surface area (Å²) in [5.41, 5.74) is -0.584. The molecule has 1 saturated heterocycles. The molecule has 0 spiro atoms. The van der Waals surface area contributed by atoms with Crippen LogP contribution < -0.4 is 5.32 Å². The number of hydrogen-bond acceptors (Lipinski definition) is 5. The topological polar surface area (TPSA) is 70.9 Å². The minimum absolute atomic E-state index is 0.0512. The molecule has 0 bridgehead atoms. The Morgan fingerprint density at radius 2 is 2.06 bits per heavy atom. The third-order valence-electron chi connectivity index (χ3n) is 5.71. The van der Waals surface area contributed by atoms with Gasteiger partial charge in [-0.2, -0.15) is 0 Å². The lowest BCUT2D eigenvalue weighted by Gasteiger charge is -2.49. The van der Waals surface area contributed by atoms with Gasteiger partial charge >= 0.3 is 0 Å². The van der Waals surface area contributed by atoms with Crippen LogP contribution in [0.3, 0.4) is 0 Å². The highest BCUT2D eigenvalue weighted by Crippen LogP contribution is 2.50. The number of benzene rings is 2. The van der Waals surface area contributed by atoms with Crippen LogP contribution in [0.1, 0.15) is 29.3 Å². The van der Waals surface area contributed by atoms with E-state index in [1.54, 1.807) is 30.3 Å². The number of carbonyl (C=O) groups excluding carboxylic acids is 1. The Bertz CT molecular complexity index is 1020. The molecule has 2 heterocycles. The molecule has 0 radical (unpaired) electrons. The van der Waals surface area contributed by atoms with Gasteiger partial charge in [-0.3, -0.25) is 4.79 Å². The largest absolute Gasteiger partial charge is 0.395 e. The Balaban J connectivity index is 1.80. The monoisotopic (exact) mass is 510 g/mol. The van der Waals surface area contributed by atoms with Crippen molar-refractivity contribution < 1.29 is 23.4 Å². The lowest BCUT2D eigenvalue weighted by molar-refractivity contribution is -0.0576.